The first-order valence-electron chi connectivity index (χ1n) is 8.37. The van der Waals surface area contributed by atoms with Crippen LogP contribution in [0.25, 0.3) is 5.57 Å². The van der Waals surface area contributed by atoms with Crippen LogP contribution in [0.15, 0.2) is 34.9 Å². The Morgan fingerprint density at radius 3 is 3.00 bits per heavy atom. The van der Waals surface area contributed by atoms with E-state index in [4.69, 9.17) is 4.74 Å². The van der Waals surface area contributed by atoms with Gasteiger partial charge in [-0.1, -0.05) is 0 Å². The van der Waals surface area contributed by atoms with Crippen LogP contribution in [0.1, 0.15) is 42.4 Å². The zero-order valence-electron chi connectivity index (χ0n) is 14.4. The lowest BCUT2D eigenvalue weighted by Crippen LogP contribution is -2.28. The van der Waals surface area contributed by atoms with E-state index in [1.807, 2.05) is 10.7 Å². The maximum atomic E-state index is 11.7. The molecule has 132 valence electrons. The Hall–Kier alpha value is -2.67. The van der Waals surface area contributed by atoms with Crippen LogP contribution in [0.2, 0.25) is 0 Å². The van der Waals surface area contributed by atoms with Gasteiger partial charge < -0.3 is 15.0 Å². The number of rotatable bonds is 6. The quantitative estimate of drug-likeness (QED) is 0.781. The van der Waals surface area contributed by atoms with Crippen molar-refractivity contribution in [2.75, 3.05) is 19.7 Å². The predicted molar refractivity (Wildman–Crippen MR) is 95.0 cm³/mol. The molecular formula is C18H22N4O3. The molecule has 0 radical (unpaired) electrons. The second-order valence-corrected chi connectivity index (χ2v) is 6.25. The van der Waals surface area contributed by atoms with Crippen molar-refractivity contribution in [3.8, 4) is 5.88 Å². The lowest BCUT2D eigenvalue weighted by molar-refractivity contribution is 0.111. The molecule has 0 fully saturated rings. The zero-order valence-corrected chi connectivity index (χ0v) is 14.4. The van der Waals surface area contributed by atoms with E-state index in [9.17, 15) is 9.59 Å². The highest BCUT2D eigenvalue weighted by Crippen LogP contribution is 2.25. The van der Waals surface area contributed by atoms with E-state index in [-0.39, 0.29) is 22.9 Å². The van der Waals surface area contributed by atoms with Crippen molar-refractivity contribution in [2.45, 2.75) is 26.3 Å². The highest BCUT2D eigenvalue weighted by atomic mass is 16.5. The molecule has 0 aliphatic carbocycles. The molecule has 0 saturated heterocycles. The standard InChI is InChI=1S/C18H22N4O3/c1-12(2)22-16(4-8-21-22)14-9-19-6-3-13(14)11-25-18-15(10-23)17(24)5-7-20-18/h4-5,7-8,10,12,19H,3,6,9,11H2,1-2H3,(H,20,24). The highest BCUT2D eigenvalue weighted by molar-refractivity contribution is 5.77. The van der Waals surface area contributed by atoms with Crippen LogP contribution >= 0.6 is 0 Å². The second-order valence-electron chi connectivity index (χ2n) is 6.25. The summed E-state index contributed by atoms with van der Waals surface area (Å²) in [6.07, 6.45) is 4.65. The third-order valence-corrected chi connectivity index (χ3v) is 4.27. The van der Waals surface area contributed by atoms with Crippen LogP contribution < -0.4 is 15.5 Å². The summed E-state index contributed by atoms with van der Waals surface area (Å²) in [5.41, 5.74) is 3.04. The van der Waals surface area contributed by atoms with Gasteiger partial charge in [-0.25, -0.2) is 0 Å². The van der Waals surface area contributed by atoms with Crippen LogP contribution in [-0.4, -0.2) is 40.7 Å². The number of pyridine rings is 1. The van der Waals surface area contributed by atoms with E-state index < -0.39 is 0 Å². The van der Waals surface area contributed by atoms with E-state index in [2.05, 4.69) is 29.2 Å². The summed E-state index contributed by atoms with van der Waals surface area (Å²) in [5.74, 6) is 0.213. The van der Waals surface area contributed by atoms with Crippen LogP contribution in [0.5, 0.6) is 5.88 Å². The maximum Gasteiger partial charge on any atom is 0.205 e. The van der Waals surface area contributed by atoms with Gasteiger partial charge >= 0.3 is 0 Å². The molecule has 0 atom stereocenters. The highest BCUT2D eigenvalue weighted by Gasteiger charge is 2.19. The fraction of sp³-hybridized carbons (Fsp3) is 0.389. The number of hydrogen-bond donors (Lipinski definition) is 2. The molecule has 0 aromatic carbocycles. The molecule has 0 amide bonds. The zero-order chi connectivity index (χ0) is 17.8. The van der Waals surface area contributed by atoms with E-state index in [1.165, 1.54) is 12.3 Å². The summed E-state index contributed by atoms with van der Waals surface area (Å²) in [7, 11) is 0. The second kappa shape index (κ2) is 7.48. The number of carbonyl (C=O) groups excluding carboxylic acids is 1. The van der Waals surface area contributed by atoms with Crippen molar-refractivity contribution in [3.63, 3.8) is 0 Å². The fourth-order valence-corrected chi connectivity index (χ4v) is 2.99. The molecular weight excluding hydrogens is 320 g/mol. The minimum atomic E-state index is -0.346. The number of aldehydes is 1. The number of nitrogens with zero attached hydrogens (tertiary/aromatic N) is 2. The van der Waals surface area contributed by atoms with Crippen molar-refractivity contribution in [1.29, 1.82) is 0 Å². The van der Waals surface area contributed by atoms with Gasteiger partial charge in [-0.05, 0) is 44.0 Å². The van der Waals surface area contributed by atoms with E-state index in [0.29, 0.717) is 12.9 Å². The van der Waals surface area contributed by atoms with Gasteiger partial charge in [-0.15, -0.1) is 0 Å². The van der Waals surface area contributed by atoms with Gasteiger partial charge in [0.1, 0.15) is 12.2 Å². The number of H-pyrrole nitrogens is 1. The third kappa shape index (κ3) is 3.56. The van der Waals surface area contributed by atoms with Gasteiger partial charge in [0.05, 0.1) is 5.69 Å². The third-order valence-electron chi connectivity index (χ3n) is 4.27. The molecule has 3 rings (SSSR count). The number of aromatic amines is 1. The van der Waals surface area contributed by atoms with Gasteiger partial charge in [0, 0.05) is 31.0 Å². The summed E-state index contributed by atoms with van der Waals surface area (Å²) in [6.45, 7) is 6.11. The first-order valence-corrected chi connectivity index (χ1v) is 8.37. The molecule has 0 unspecified atom stereocenters. The Balaban J connectivity index is 1.90. The Bertz CT molecular complexity index is 848. The predicted octanol–water partition coefficient (Wildman–Crippen LogP) is 1.79. The normalized spacial score (nSPS) is 14.8. The molecule has 7 heteroatoms. The summed E-state index contributed by atoms with van der Waals surface area (Å²) < 4.78 is 7.76. The molecule has 1 aliphatic heterocycles. The smallest absolute Gasteiger partial charge is 0.205 e. The van der Waals surface area contributed by atoms with Gasteiger partial charge in [0.25, 0.3) is 0 Å². The summed E-state index contributed by atoms with van der Waals surface area (Å²) in [6, 6.07) is 3.57. The molecule has 2 N–H and O–H groups in total. The first kappa shape index (κ1) is 17.2. The molecule has 2 aromatic rings. The maximum absolute atomic E-state index is 11.7. The molecule has 2 aromatic heterocycles. The minimum Gasteiger partial charge on any atom is -0.474 e. The van der Waals surface area contributed by atoms with Crippen molar-refractivity contribution in [2.24, 2.45) is 0 Å². The molecule has 7 nitrogen and oxygen atoms in total. The number of nitrogens with one attached hydrogen (secondary N) is 2. The van der Waals surface area contributed by atoms with Crippen LogP contribution in [0, 0.1) is 0 Å². The molecule has 0 bridgehead atoms. The van der Waals surface area contributed by atoms with Crippen LogP contribution in [0.4, 0.5) is 0 Å². The molecule has 1 aliphatic rings. The van der Waals surface area contributed by atoms with Crippen LogP contribution in [-0.2, 0) is 0 Å². The van der Waals surface area contributed by atoms with Gasteiger partial charge in [-0.3, -0.25) is 14.3 Å². The SMILES string of the molecule is CC(C)n1nccc1C1=C(COc2[nH]ccc(=O)c2C=O)CCNC1. The summed E-state index contributed by atoms with van der Waals surface area (Å²) >= 11 is 0. The summed E-state index contributed by atoms with van der Waals surface area (Å²) in [5, 5.41) is 7.78. The Morgan fingerprint density at radius 1 is 1.40 bits per heavy atom. The van der Waals surface area contributed by atoms with Crippen molar-refractivity contribution in [3.05, 3.63) is 51.6 Å². The van der Waals surface area contributed by atoms with Gasteiger partial charge in [0.15, 0.2) is 11.7 Å². The first-order chi connectivity index (χ1) is 12.1. The lowest BCUT2D eigenvalue weighted by Gasteiger charge is -2.23. The number of hydrogen-bond acceptors (Lipinski definition) is 5. The van der Waals surface area contributed by atoms with Crippen molar-refractivity contribution >= 4 is 11.9 Å². The fourth-order valence-electron chi connectivity index (χ4n) is 2.99. The van der Waals surface area contributed by atoms with Crippen LogP contribution in [0.3, 0.4) is 0 Å². The Morgan fingerprint density at radius 2 is 2.24 bits per heavy atom. The number of carbonyl (C=O) groups is 1. The number of aromatic nitrogens is 3. The van der Waals surface area contributed by atoms with E-state index in [0.717, 1.165) is 36.4 Å². The minimum absolute atomic E-state index is 0.0193. The van der Waals surface area contributed by atoms with Crippen molar-refractivity contribution < 1.29 is 9.53 Å². The molecule has 25 heavy (non-hydrogen) atoms. The topological polar surface area (TPSA) is 89.0 Å². The average Bonchev–Trinajstić information content (AvgIpc) is 3.10. The monoisotopic (exact) mass is 342 g/mol. The van der Waals surface area contributed by atoms with Gasteiger partial charge in [-0.2, -0.15) is 5.10 Å². The Labute approximate surface area is 145 Å². The number of ether oxygens (including phenoxy) is 1. The molecule has 0 spiro atoms. The summed E-state index contributed by atoms with van der Waals surface area (Å²) in [4.78, 5) is 25.7. The van der Waals surface area contributed by atoms with E-state index >= 15 is 0 Å². The largest absolute Gasteiger partial charge is 0.474 e. The molecule has 0 saturated carbocycles. The Kier molecular flexibility index (Phi) is 5.14. The average molecular weight is 342 g/mol. The van der Waals surface area contributed by atoms with E-state index in [1.54, 1.807) is 6.20 Å². The molecule has 3 heterocycles. The van der Waals surface area contributed by atoms with Crippen molar-refractivity contribution in [1.82, 2.24) is 20.1 Å². The lowest BCUT2D eigenvalue weighted by atomic mass is 9.99. The van der Waals surface area contributed by atoms with Gasteiger partial charge in [0.2, 0.25) is 5.88 Å².